The number of carbonyl (C=O) groups is 1. The second-order valence-corrected chi connectivity index (χ2v) is 7.11. The first kappa shape index (κ1) is 19.1. The maximum Gasteiger partial charge on any atom is 0.234 e. The molecule has 29 heavy (non-hydrogen) atoms. The van der Waals surface area contributed by atoms with Crippen molar-refractivity contribution in [1.82, 2.24) is 30.0 Å². The summed E-state index contributed by atoms with van der Waals surface area (Å²) in [5.41, 5.74) is 2.01. The molecule has 1 N–H and O–H groups in total. The zero-order valence-electron chi connectivity index (χ0n) is 16.5. The molecule has 1 fully saturated rings. The molecule has 1 aliphatic rings. The Labute approximate surface area is 170 Å². The van der Waals surface area contributed by atoms with Gasteiger partial charge in [-0.3, -0.25) is 9.69 Å². The van der Waals surface area contributed by atoms with Gasteiger partial charge in [0.2, 0.25) is 11.9 Å². The fraction of sp³-hybridized carbons (Fsp3) is 0.333. The summed E-state index contributed by atoms with van der Waals surface area (Å²) in [5.74, 6) is 0.776. The summed E-state index contributed by atoms with van der Waals surface area (Å²) < 4.78 is 1.82. The maximum atomic E-state index is 12.6. The fourth-order valence-corrected chi connectivity index (χ4v) is 3.60. The summed E-state index contributed by atoms with van der Waals surface area (Å²) >= 11 is 0. The SMILES string of the molecule is CC(NC(=O)CN1CCN(c2ncccn2)CC1)c1ccccc1-n1cccn1. The molecule has 0 aliphatic carbocycles. The highest BCUT2D eigenvalue weighted by Gasteiger charge is 2.21. The predicted octanol–water partition coefficient (Wildman–Crippen LogP) is 1.66. The second-order valence-electron chi connectivity index (χ2n) is 7.11. The van der Waals surface area contributed by atoms with Gasteiger partial charge in [0.1, 0.15) is 0 Å². The fourth-order valence-electron chi connectivity index (χ4n) is 3.60. The van der Waals surface area contributed by atoms with Crippen molar-refractivity contribution in [2.24, 2.45) is 0 Å². The van der Waals surface area contributed by atoms with Crippen LogP contribution in [0.3, 0.4) is 0 Å². The Bertz CT molecular complexity index is 921. The molecule has 1 atom stereocenters. The minimum Gasteiger partial charge on any atom is -0.348 e. The van der Waals surface area contributed by atoms with Gasteiger partial charge in [0.25, 0.3) is 0 Å². The zero-order chi connectivity index (χ0) is 20.1. The van der Waals surface area contributed by atoms with E-state index in [1.807, 2.05) is 54.2 Å². The molecule has 8 nitrogen and oxygen atoms in total. The van der Waals surface area contributed by atoms with Crippen LogP contribution in [0.1, 0.15) is 18.5 Å². The highest BCUT2D eigenvalue weighted by atomic mass is 16.2. The van der Waals surface area contributed by atoms with E-state index >= 15 is 0 Å². The number of benzene rings is 1. The van der Waals surface area contributed by atoms with Crippen molar-refractivity contribution in [3.05, 3.63) is 66.7 Å². The van der Waals surface area contributed by atoms with E-state index in [9.17, 15) is 4.79 Å². The number of hydrogen-bond donors (Lipinski definition) is 1. The Hall–Kier alpha value is -3.26. The number of hydrogen-bond acceptors (Lipinski definition) is 6. The summed E-state index contributed by atoms with van der Waals surface area (Å²) in [7, 11) is 0. The van der Waals surface area contributed by atoms with Crippen LogP contribution in [0.25, 0.3) is 5.69 Å². The van der Waals surface area contributed by atoms with E-state index in [4.69, 9.17) is 0 Å². The molecule has 3 aromatic rings. The first-order valence-corrected chi connectivity index (χ1v) is 9.83. The van der Waals surface area contributed by atoms with Crippen molar-refractivity contribution in [1.29, 1.82) is 0 Å². The van der Waals surface area contributed by atoms with Gasteiger partial charge in [-0.05, 0) is 30.7 Å². The van der Waals surface area contributed by atoms with Crippen molar-refractivity contribution in [2.45, 2.75) is 13.0 Å². The molecule has 0 spiro atoms. The monoisotopic (exact) mass is 391 g/mol. The lowest BCUT2D eigenvalue weighted by atomic mass is 10.1. The molecule has 1 aliphatic heterocycles. The molecule has 0 bridgehead atoms. The molecule has 8 heteroatoms. The van der Waals surface area contributed by atoms with Gasteiger partial charge in [-0.1, -0.05) is 18.2 Å². The third-order valence-electron chi connectivity index (χ3n) is 5.11. The Morgan fingerprint density at radius 1 is 1.03 bits per heavy atom. The first-order chi connectivity index (χ1) is 14.2. The van der Waals surface area contributed by atoms with E-state index in [0.29, 0.717) is 6.54 Å². The average Bonchev–Trinajstić information content (AvgIpc) is 3.29. The molecule has 1 aromatic carbocycles. The predicted molar refractivity (Wildman–Crippen MR) is 111 cm³/mol. The van der Waals surface area contributed by atoms with Crippen molar-refractivity contribution in [3.63, 3.8) is 0 Å². The molecule has 1 unspecified atom stereocenters. The molecule has 1 amide bonds. The van der Waals surface area contributed by atoms with Gasteiger partial charge in [-0.15, -0.1) is 0 Å². The summed E-state index contributed by atoms with van der Waals surface area (Å²) in [6.07, 6.45) is 7.17. The smallest absolute Gasteiger partial charge is 0.234 e. The van der Waals surface area contributed by atoms with Gasteiger partial charge in [-0.2, -0.15) is 5.10 Å². The van der Waals surface area contributed by atoms with Crippen LogP contribution in [0.5, 0.6) is 0 Å². The second kappa shape index (κ2) is 8.83. The van der Waals surface area contributed by atoms with E-state index in [0.717, 1.165) is 43.4 Å². The summed E-state index contributed by atoms with van der Waals surface area (Å²) in [4.78, 5) is 25.5. The molecule has 1 saturated heterocycles. The number of anilines is 1. The van der Waals surface area contributed by atoms with E-state index < -0.39 is 0 Å². The van der Waals surface area contributed by atoms with Gasteiger partial charge >= 0.3 is 0 Å². The normalized spacial score (nSPS) is 15.8. The Morgan fingerprint density at radius 2 is 1.79 bits per heavy atom. The summed E-state index contributed by atoms with van der Waals surface area (Å²) in [6, 6.07) is 11.6. The van der Waals surface area contributed by atoms with Gasteiger partial charge in [-0.25, -0.2) is 14.6 Å². The van der Waals surface area contributed by atoms with Crippen LogP contribution in [-0.4, -0.2) is 63.3 Å². The summed E-state index contributed by atoms with van der Waals surface area (Å²) in [5, 5.41) is 7.44. The number of piperazine rings is 1. The number of nitrogens with one attached hydrogen (secondary N) is 1. The largest absolute Gasteiger partial charge is 0.348 e. The van der Waals surface area contributed by atoms with Crippen LogP contribution in [0.15, 0.2) is 61.2 Å². The Balaban J connectivity index is 1.32. The lowest BCUT2D eigenvalue weighted by Gasteiger charge is -2.34. The van der Waals surface area contributed by atoms with E-state index in [2.05, 4.69) is 30.2 Å². The van der Waals surface area contributed by atoms with Crippen molar-refractivity contribution in [3.8, 4) is 5.69 Å². The Morgan fingerprint density at radius 3 is 2.52 bits per heavy atom. The van der Waals surface area contributed by atoms with Crippen molar-refractivity contribution >= 4 is 11.9 Å². The van der Waals surface area contributed by atoms with Crippen molar-refractivity contribution < 1.29 is 4.79 Å². The Kier molecular flexibility index (Phi) is 5.81. The number of nitrogens with zero attached hydrogens (tertiary/aromatic N) is 6. The number of amides is 1. The zero-order valence-corrected chi connectivity index (χ0v) is 16.5. The van der Waals surface area contributed by atoms with Crippen LogP contribution in [-0.2, 0) is 4.79 Å². The molecule has 150 valence electrons. The first-order valence-electron chi connectivity index (χ1n) is 9.83. The van der Waals surface area contributed by atoms with Gasteiger partial charge in [0.15, 0.2) is 0 Å². The lowest BCUT2D eigenvalue weighted by molar-refractivity contribution is -0.123. The lowest BCUT2D eigenvalue weighted by Crippen LogP contribution is -2.50. The minimum absolute atomic E-state index is 0.0252. The third kappa shape index (κ3) is 4.60. The number of rotatable bonds is 6. The number of carbonyl (C=O) groups excluding carboxylic acids is 1. The third-order valence-corrected chi connectivity index (χ3v) is 5.11. The van der Waals surface area contributed by atoms with Crippen LogP contribution in [0, 0.1) is 0 Å². The van der Waals surface area contributed by atoms with E-state index in [-0.39, 0.29) is 11.9 Å². The molecular formula is C21H25N7O. The number of aromatic nitrogens is 4. The maximum absolute atomic E-state index is 12.6. The average molecular weight is 391 g/mol. The molecular weight excluding hydrogens is 366 g/mol. The van der Waals surface area contributed by atoms with E-state index in [1.54, 1.807) is 18.6 Å². The van der Waals surface area contributed by atoms with Crippen LogP contribution >= 0.6 is 0 Å². The molecule has 4 rings (SSSR count). The minimum atomic E-state index is -0.109. The molecule has 3 heterocycles. The van der Waals surface area contributed by atoms with E-state index in [1.165, 1.54) is 0 Å². The topological polar surface area (TPSA) is 79.2 Å². The highest BCUT2D eigenvalue weighted by Crippen LogP contribution is 2.21. The molecule has 0 saturated carbocycles. The van der Waals surface area contributed by atoms with Crippen LogP contribution in [0.2, 0.25) is 0 Å². The van der Waals surface area contributed by atoms with Crippen molar-refractivity contribution in [2.75, 3.05) is 37.6 Å². The van der Waals surface area contributed by atoms with Gasteiger partial charge in [0, 0.05) is 51.0 Å². The van der Waals surface area contributed by atoms with Gasteiger partial charge in [0.05, 0.1) is 18.3 Å². The van der Waals surface area contributed by atoms with Gasteiger partial charge < -0.3 is 10.2 Å². The molecule has 0 radical (unpaired) electrons. The standard InChI is InChI=1S/C21H25N7O/c1-17(18-6-2-3-7-19(18)28-11-5-10-24-28)25-20(29)16-26-12-14-27(15-13-26)21-22-8-4-9-23-21/h2-11,17H,12-16H2,1H3,(H,25,29). The quantitative estimate of drug-likeness (QED) is 0.689. The summed E-state index contributed by atoms with van der Waals surface area (Å²) in [6.45, 7) is 5.64. The number of para-hydroxylation sites is 1. The highest BCUT2D eigenvalue weighted by molar-refractivity contribution is 5.78. The van der Waals surface area contributed by atoms with Crippen LogP contribution < -0.4 is 10.2 Å². The molecule has 2 aromatic heterocycles. The van der Waals surface area contributed by atoms with Crippen LogP contribution in [0.4, 0.5) is 5.95 Å².